The number of nitrogen functional groups attached to an aromatic ring is 1. The highest BCUT2D eigenvalue weighted by Crippen LogP contribution is 2.25. The standard InChI is InChI=1S/C17H26N4O/c18-19-17(22)14-6-8-16(9-7-14)21-12-10-20(11-13-21)15-4-2-1-3-5-15/h6-9,15H,1-5,10-13,18H2,(H,19,22). The molecule has 2 fully saturated rings. The Bertz CT molecular complexity index is 488. The third-order valence-corrected chi connectivity index (χ3v) is 5.03. The number of hydrogen-bond acceptors (Lipinski definition) is 4. The van der Waals surface area contributed by atoms with Crippen molar-refractivity contribution in [3.8, 4) is 0 Å². The molecule has 0 radical (unpaired) electrons. The Labute approximate surface area is 132 Å². The molecule has 1 aliphatic heterocycles. The Morgan fingerprint density at radius 2 is 1.64 bits per heavy atom. The number of piperazine rings is 1. The van der Waals surface area contributed by atoms with Crippen LogP contribution >= 0.6 is 0 Å². The summed E-state index contributed by atoms with van der Waals surface area (Å²) in [5.41, 5.74) is 3.96. The van der Waals surface area contributed by atoms with E-state index < -0.39 is 0 Å². The zero-order valence-electron chi connectivity index (χ0n) is 13.1. The van der Waals surface area contributed by atoms with Gasteiger partial charge in [-0.1, -0.05) is 19.3 Å². The first-order valence-electron chi connectivity index (χ1n) is 8.38. The summed E-state index contributed by atoms with van der Waals surface area (Å²) in [7, 11) is 0. The molecule has 0 bridgehead atoms. The van der Waals surface area contributed by atoms with Crippen molar-refractivity contribution < 1.29 is 4.79 Å². The Hall–Kier alpha value is -1.59. The maximum absolute atomic E-state index is 11.5. The summed E-state index contributed by atoms with van der Waals surface area (Å²) in [6.45, 7) is 4.43. The summed E-state index contributed by atoms with van der Waals surface area (Å²) in [6.07, 6.45) is 6.97. The van der Waals surface area contributed by atoms with Crippen LogP contribution in [0.3, 0.4) is 0 Å². The van der Waals surface area contributed by atoms with Gasteiger partial charge in [0.1, 0.15) is 0 Å². The van der Waals surface area contributed by atoms with E-state index in [1.165, 1.54) is 37.8 Å². The van der Waals surface area contributed by atoms with E-state index in [9.17, 15) is 4.79 Å². The molecule has 1 heterocycles. The highest BCUT2D eigenvalue weighted by atomic mass is 16.2. The summed E-state index contributed by atoms with van der Waals surface area (Å²) in [5, 5.41) is 0. The number of carbonyl (C=O) groups is 1. The van der Waals surface area contributed by atoms with Crippen molar-refractivity contribution >= 4 is 11.6 Å². The maximum Gasteiger partial charge on any atom is 0.265 e. The summed E-state index contributed by atoms with van der Waals surface area (Å²) in [4.78, 5) is 16.5. The normalized spacial score (nSPS) is 20.9. The highest BCUT2D eigenvalue weighted by molar-refractivity contribution is 5.94. The lowest BCUT2D eigenvalue weighted by molar-refractivity contribution is 0.0953. The minimum Gasteiger partial charge on any atom is -0.369 e. The van der Waals surface area contributed by atoms with Crippen molar-refractivity contribution in [1.29, 1.82) is 0 Å². The van der Waals surface area contributed by atoms with Gasteiger partial charge in [0.25, 0.3) is 5.91 Å². The van der Waals surface area contributed by atoms with Crippen LogP contribution in [0.4, 0.5) is 5.69 Å². The topological polar surface area (TPSA) is 61.6 Å². The first-order chi connectivity index (χ1) is 10.8. The van der Waals surface area contributed by atoms with E-state index in [-0.39, 0.29) is 5.91 Å². The molecule has 3 N–H and O–H groups in total. The number of hydrazine groups is 1. The molecule has 1 aliphatic carbocycles. The average Bonchev–Trinajstić information content (AvgIpc) is 2.62. The molecule has 3 rings (SSSR count). The number of nitrogens with two attached hydrogens (primary N) is 1. The lowest BCUT2D eigenvalue weighted by atomic mass is 9.94. The Kier molecular flexibility index (Phi) is 4.95. The molecular weight excluding hydrogens is 276 g/mol. The second-order valence-electron chi connectivity index (χ2n) is 6.34. The fourth-order valence-electron chi connectivity index (χ4n) is 3.70. The quantitative estimate of drug-likeness (QED) is 0.507. The molecule has 1 saturated heterocycles. The third kappa shape index (κ3) is 3.42. The summed E-state index contributed by atoms with van der Waals surface area (Å²) >= 11 is 0. The molecule has 1 amide bonds. The molecule has 1 saturated carbocycles. The van der Waals surface area contributed by atoms with Crippen LogP contribution in [0.5, 0.6) is 0 Å². The number of carbonyl (C=O) groups excluding carboxylic acids is 1. The molecule has 1 aromatic rings. The van der Waals surface area contributed by atoms with Crippen LogP contribution in [-0.4, -0.2) is 43.0 Å². The van der Waals surface area contributed by atoms with Crippen LogP contribution in [0.25, 0.3) is 0 Å². The number of amides is 1. The van der Waals surface area contributed by atoms with E-state index in [0.29, 0.717) is 5.56 Å². The molecule has 5 nitrogen and oxygen atoms in total. The molecule has 5 heteroatoms. The summed E-state index contributed by atoms with van der Waals surface area (Å²) < 4.78 is 0. The van der Waals surface area contributed by atoms with Crippen molar-refractivity contribution in [3.63, 3.8) is 0 Å². The average molecular weight is 302 g/mol. The van der Waals surface area contributed by atoms with Gasteiger partial charge < -0.3 is 4.90 Å². The van der Waals surface area contributed by atoms with Crippen LogP contribution in [0.15, 0.2) is 24.3 Å². The Balaban J connectivity index is 1.55. The zero-order valence-corrected chi connectivity index (χ0v) is 13.1. The van der Waals surface area contributed by atoms with Gasteiger partial charge in [0, 0.05) is 43.5 Å². The van der Waals surface area contributed by atoms with Gasteiger partial charge in [-0.2, -0.15) is 0 Å². The van der Waals surface area contributed by atoms with Crippen LogP contribution in [0.2, 0.25) is 0 Å². The predicted octanol–water partition coefficient (Wildman–Crippen LogP) is 1.74. The Morgan fingerprint density at radius 3 is 2.23 bits per heavy atom. The second kappa shape index (κ2) is 7.11. The summed E-state index contributed by atoms with van der Waals surface area (Å²) in [6, 6.07) is 8.52. The van der Waals surface area contributed by atoms with E-state index in [1.807, 2.05) is 24.3 Å². The fraction of sp³-hybridized carbons (Fsp3) is 0.588. The van der Waals surface area contributed by atoms with Crippen LogP contribution in [0.1, 0.15) is 42.5 Å². The minimum absolute atomic E-state index is 0.242. The van der Waals surface area contributed by atoms with Gasteiger partial charge in [0.2, 0.25) is 0 Å². The fourth-order valence-corrected chi connectivity index (χ4v) is 3.70. The number of benzene rings is 1. The molecule has 120 valence electrons. The number of nitrogens with zero attached hydrogens (tertiary/aromatic N) is 2. The van der Waals surface area contributed by atoms with Gasteiger partial charge in [-0.3, -0.25) is 15.1 Å². The number of anilines is 1. The predicted molar refractivity (Wildman–Crippen MR) is 88.8 cm³/mol. The van der Waals surface area contributed by atoms with Crippen LogP contribution in [-0.2, 0) is 0 Å². The largest absolute Gasteiger partial charge is 0.369 e. The molecule has 0 atom stereocenters. The smallest absolute Gasteiger partial charge is 0.265 e. The number of rotatable bonds is 3. The van der Waals surface area contributed by atoms with Crippen molar-refractivity contribution in [2.45, 2.75) is 38.1 Å². The van der Waals surface area contributed by atoms with E-state index in [2.05, 4.69) is 15.2 Å². The van der Waals surface area contributed by atoms with Gasteiger partial charge in [0.15, 0.2) is 0 Å². The lowest BCUT2D eigenvalue weighted by Crippen LogP contribution is -2.50. The Morgan fingerprint density at radius 1 is 1.00 bits per heavy atom. The number of nitrogens with one attached hydrogen (secondary N) is 1. The monoisotopic (exact) mass is 302 g/mol. The summed E-state index contributed by atoms with van der Waals surface area (Å²) in [5.74, 6) is 4.91. The van der Waals surface area contributed by atoms with Gasteiger partial charge in [-0.05, 0) is 37.1 Å². The van der Waals surface area contributed by atoms with Gasteiger partial charge >= 0.3 is 0 Å². The highest BCUT2D eigenvalue weighted by Gasteiger charge is 2.25. The van der Waals surface area contributed by atoms with Gasteiger partial charge in [-0.25, -0.2) is 5.84 Å². The third-order valence-electron chi connectivity index (χ3n) is 5.03. The van der Waals surface area contributed by atoms with E-state index >= 15 is 0 Å². The molecule has 2 aliphatic rings. The SMILES string of the molecule is NNC(=O)c1ccc(N2CCN(C3CCCCC3)CC2)cc1. The minimum atomic E-state index is -0.242. The van der Waals surface area contributed by atoms with Crippen LogP contribution in [0, 0.1) is 0 Å². The first-order valence-corrected chi connectivity index (χ1v) is 8.38. The lowest BCUT2D eigenvalue weighted by Gasteiger charge is -2.41. The molecule has 0 unspecified atom stereocenters. The van der Waals surface area contributed by atoms with E-state index in [0.717, 1.165) is 32.2 Å². The van der Waals surface area contributed by atoms with Gasteiger partial charge in [-0.15, -0.1) is 0 Å². The van der Waals surface area contributed by atoms with Crippen molar-refractivity contribution in [2.24, 2.45) is 5.84 Å². The zero-order chi connectivity index (χ0) is 15.4. The van der Waals surface area contributed by atoms with Crippen LogP contribution < -0.4 is 16.2 Å². The van der Waals surface area contributed by atoms with E-state index in [4.69, 9.17) is 5.84 Å². The first kappa shape index (κ1) is 15.3. The molecule has 0 spiro atoms. The molecule has 22 heavy (non-hydrogen) atoms. The van der Waals surface area contributed by atoms with Crippen molar-refractivity contribution in [1.82, 2.24) is 10.3 Å². The van der Waals surface area contributed by atoms with Crippen molar-refractivity contribution in [2.75, 3.05) is 31.1 Å². The molecule has 1 aromatic carbocycles. The van der Waals surface area contributed by atoms with E-state index in [1.54, 1.807) is 0 Å². The number of hydrogen-bond donors (Lipinski definition) is 2. The van der Waals surface area contributed by atoms with Crippen molar-refractivity contribution in [3.05, 3.63) is 29.8 Å². The molecular formula is C17H26N4O. The maximum atomic E-state index is 11.5. The molecule has 0 aromatic heterocycles. The second-order valence-corrected chi connectivity index (χ2v) is 6.34. The van der Waals surface area contributed by atoms with Gasteiger partial charge in [0.05, 0.1) is 0 Å².